The highest BCUT2D eigenvalue weighted by Gasteiger charge is 2.24. The molecule has 0 aliphatic heterocycles. The fourth-order valence-electron chi connectivity index (χ4n) is 9.80. The lowest BCUT2D eigenvalue weighted by molar-refractivity contribution is 1.02. The van der Waals surface area contributed by atoms with Gasteiger partial charge in [-0.2, -0.15) is 0 Å². The van der Waals surface area contributed by atoms with Gasteiger partial charge in [0.2, 0.25) is 0 Å². The number of hydrogen-bond donors (Lipinski definition) is 0. The van der Waals surface area contributed by atoms with Crippen molar-refractivity contribution in [3.63, 3.8) is 0 Å². The van der Waals surface area contributed by atoms with Gasteiger partial charge in [0, 0.05) is 22.3 Å². The second-order valence-corrected chi connectivity index (χ2v) is 17.5. The minimum Gasteiger partial charge on any atom is -0.228 e. The average molecular weight is 871 g/mol. The average Bonchev–Trinajstić information content (AvgIpc) is 3.69. The first kappa shape index (κ1) is 42.2. The topological polar surface area (TPSA) is 25.8 Å². The van der Waals surface area contributed by atoms with Crippen molar-refractivity contribution in [1.82, 2.24) is 9.97 Å². The summed E-state index contributed by atoms with van der Waals surface area (Å²) in [5.74, 6) is 0.766. The summed E-state index contributed by atoms with van der Waals surface area (Å²) in [7, 11) is 0. The van der Waals surface area contributed by atoms with Crippen molar-refractivity contribution in [2.45, 2.75) is 26.2 Å². The lowest BCUT2D eigenvalue weighted by Crippen LogP contribution is -2.03. The van der Waals surface area contributed by atoms with E-state index in [4.69, 9.17) is 9.97 Å². The van der Waals surface area contributed by atoms with Crippen LogP contribution in [-0.4, -0.2) is 9.97 Å². The summed E-state index contributed by atoms with van der Waals surface area (Å²) in [4.78, 5) is 10.5. The zero-order valence-electron chi connectivity index (χ0n) is 38.2. The van der Waals surface area contributed by atoms with Crippen LogP contribution in [0.15, 0.2) is 249 Å². The van der Waals surface area contributed by atoms with E-state index in [2.05, 4.69) is 256 Å². The van der Waals surface area contributed by atoms with Gasteiger partial charge in [0.05, 0.1) is 11.4 Å². The Morgan fingerprint density at radius 3 is 1.38 bits per heavy atom. The standard InChI is InChI=1S/C66H50N2/c1-46-64(51-32-16-6-17-33-51)67-66(52-34-18-7-19-35-52)68-65(46)58-41-23-39-56(44-58)54-37-21-20-36-53(42-54)55-38-22-40-57(43-55)60-45-59(47-24-8-2-9-25-47)61(48-26-10-3-11-27-48)63(50-30-14-5-15-31-50)62(60)49-28-12-4-13-29-49/h2-6,8-18,20,22-45H,7,19,21H2,1H3. The highest BCUT2D eigenvalue weighted by molar-refractivity contribution is 6.07. The molecule has 0 bridgehead atoms. The minimum atomic E-state index is 0.766. The molecule has 0 N–H and O–H groups in total. The molecule has 8 aromatic carbocycles. The molecule has 0 unspecified atom stereocenters. The van der Waals surface area contributed by atoms with Gasteiger partial charge in [-0.1, -0.05) is 225 Å². The Kier molecular flexibility index (Phi) is 11.9. The van der Waals surface area contributed by atoms with Crippen molar-refractivity contribution < 1.29 is 0 Å². The van der Waals surface area contributed by atoms with Crippen LogP contribution in [0.2, 0.25) is 0 Å². The number of rotatable bonds is 10. The molecule has 324 valence electrons. The molecule has 2 nitrogen and oxygen atoms in total. The summed E-state index contributed by atoms with van der Waals surface area (Å²) in [6.45, 7) is 2.16. The fraction of sp³-hybridized carbons (Fsp3) is 0.0606. The van der Waals surface area contributed by atoms with E-state index in [1.54, 1.807) is 0 Å². The third kappa shape index (κ3) is 8.57. The van der Waals surface area contributed by atoms with Crippen LogP contribution in [0.5, 0.6) is 0 Å². The van der Waals surface area contributed by atoms with Crippen LogP contribution in [0.4, 0.5) is 0 Å². The number of aromatic nitrogens is 2. The van der Waals surface area contributed by atoms with Crippen molar-refractivity contribution >= 4 is 16.7 Å². The number of hydrogen-bond acceptors (Lipinski definition) is 2. The molecule has 0 amide bonds. The normalized spacial score (nSPS) is 13.3. The second kappa shape index (κ2) is 19.2. The molecule has 11 rings (SSSR count). The maximum atomic E-state index is 5.28. The molecule has 0 saturated carbocycles. The van der Waals surface area contributed by atoms with Gasteiger partial charge in [-0.3, -0.25) is 0 Å². The van der Waals surface area contributed by atoms with Crippen molar-refractivity contribution in [2.24, 2.45) is 0 Å². The Labute approximate surface area is 400 Å². The summed E-state index contributed by atoms with van der Waals surface area (Å²) in [5.41, 5.74) is 22.8. The van der Waals surface area contributed by atoms with E-state index in [1.807, 2.05) is 0 Å². The Balaban J connectivity index is 1.05. The lowest BCUT2D eigenvalue weighted by atomic mass is 9.78. The highest BCUT2D eigenvalue weighted by atomic mass is 14.9. The monoisotopic (exact) mass is 870 g/mol. The predicted molar refractivity (Wildman–Crippen MR) is 287 cm³/mol. The molecule has 0 radical (unpaired) electrons. The summed E-state index contributed by atoms with van der Waals surface area (Å²) in [6.07, 6.45) is 18.8. The maximum absolute atomic E-state index is 5.28. The van der Waals surface area contributed by atoms with Crippen molar-refractivity contribution in [3.05, 3.63) is 271 Å². The molecular weight excluding hydrogens is 821 g/mol. The maximum Gasteiger partial charge on any atom is 0.160 e. The van der Waals surface area contributed by atoms with E-state index < -0.39 is 0 Å². The largest absolute Gasteiger partial charge is 0.228 e. The zero-order valence-corrected chi connectivity index (χ0v) is 38.2. The molecule has 0 saturated heterocycles. The quantitative estimate of drug-likeness (QED) is 0.137. The van der Waals surface area contributed by atoms with Crippen LogP contribution in [0, 0.1) is 6.92 Å². The molecule has 1 aromatic heterocycles. The van der Waals surface area contributed by atoms with Gasteiger partial charge in [-0.25, -0.2) is 9.97 Å². The first-order chi connectivity index (χ1) is 33.7. The molecule has 68 heavy (non-hydrogen) atoms. The predicted octanol–water partition coefficient (Wildman–Crippen LogP) is 17.6. The molecule has 2 aliphatic carbocycles. The number of allylic oxidation sites excluding steroid dienone is 10. The van der Waals surface area contributed by atoms with E-state index in [0.29, 0.717) is 0 Å². The van der Waals surface area contributed by atoms with E-state index >= 15 is 0 Å². The molecule has 9 aromatic rings. The molecule has 2 aliphatic rings. The first-order valence-electron chi connectivity index (χ1n) is 23.7. The van der Waals surface area contributed by atoms with Gasteiger partial charge in [0.15, 0.2) is 5.82 Å². The van der Waals surface area contributed by atoms with Crippen LogP contribution in [0.1, 0.15) is 41.8 Å². The Morgan fingerprint density at radius 2 is 0.794 bits per heavy atom. The molecule has 2 heteroatoms. The van der Waals surface area contributed by atoms with E-state index in [1.165, 1.54) is 55.6 Å². The Bertz CT molecular complexity index is 3430. The van der Waals surface area contributed by atoms with Gasteiger partial charge < -0.3 is 0 Å². The smallest absolute Gasteiger partial charge is 0.160 e. The molecule has 1 heterocycles. The van der Waals surface area contributed by atoms with Crippen LogP contribution in [0.25, 0.3) is 94.9 Å². The van der Waals surface area contributed by atoms with Crippen molar-refractivity contribution in [3.8, 4) is 78.1 Å². The molecule has 0 atom stereocenters. The van der Waals surface area contributed by atoms with Crippen LogP contribution < -0.4 is 0 Å². The molecule has 0 spiro atoms. The van der Waals surface area contributed by atoms with Gasteiger partial charge in [0.25, 0.3) is 0 Å². The van der Waals surface area contributed by atoms with Crippen LogP contribution in [-0.2, 0) is 0 Å². The van der Waals surface area contributed by atoms with Crippen molar-refractivity contribution in [1.29, 1.82) is 0 Å². The number of nitrogens with zero attached hydrogens (tertiary/aromatic N) is 2. The SMILES string of the molecule is Cc1c(-c2ccccc2)nc(C2=CCCC=C2)nc1-c1cccc(C2=CCC=CC(c3cccc(-c4cc(-c5ccccc5)c(-c5ccccc5)c(-c5ccccc5)c4-c4ccccc4)c3)=C2)c1. The second-order valence-electron chi connectivity index (χ2n) is 17.5. The summed E-state index contributed by atoms with van der Waals surface area (Å²) in [5, 5.41) is 0. The first-order valence-corrected chi connectivity index (χ1v) is 23.7. The number of benzene rings is 8. The summed E-state index contributed by atoms with van der Waals surface area (Å²) >= 11 is 0. The van der Waals surface area contributed by atoms with Gasteiger partial charge >= 0.3 is 0 Å². The van der Waals surface area contributed by atoms with E-state index in [-0.39, 0.29) is 0 Å². The van der Waals surface area contributed by atoms with Crippen LogP contribution in [0.3, 0.4) is 0 Å². The van der Waals surface area contributed by atoms with Crippen LogP contribution >= 0.6 is 0 Å². The fourth-order valence-corrected chi connectivity index (χ4v) is 9.80. The Hall–Kier alpha value is -8.46. The third-order valence-corrected chi connectivity index (χ3v) is 13.1. The lowest BCUT2D eigenvalue weighted by Gasteiger charge is -2.24. The van der Waals surface area contributed by atoms with Gasteiger partial charge in [-0.05, 0) is 128 Å². The van der Waals surface area contributed by atoms with Gasteiger partial charge in [-0.15, -0.1) is 0 Å². The minimum absolute atomic E-state index is 0.766. The zero-order chi connectivity index (χ0) is 45.7. The summed E-state index contributed by atoms with van der Waals surface area (Å²) in [6, 6.07) is 74.5. The van der Waals surface area contributed by atoms with E-state index in [9.17, 15) is 0 Å². The molecule has 0 fully saturated rings. The van der Waals surface area contributed by atoms with Crippen molar-refractivity contribution in [2.75, 3.05) is 0 Å². The van der Waals surface area contributed by atoms with Gasteiger partial charge in [0.1, 0.15) is 0 Å². The third-order valence-electron chi connectivity index (χ3n) is 13.1. The summed E-state index contributed by atoms with van der Waals surface area (Å²) < 4.78 is 0. The van der Waals surface area contributed by atoms with E-state index in [0.717, 1.165) is 81.0 Å². The molecular formula is C66H50N2. The highest BCUT2D eigenvalue weighted by Crippen LogP contribution is 2.50. The Morgan fingerprint density at radius 1 is 0.338 bits per heavy atom.